The zero-order chi connectivity index (χ0) is 27.2. The molecule has 7 nitrogen and oxygen atoms in total. The number of hydrogen-bond donors (Lipinski definition) is 1. The summed E-state index contributed by atoms with van der Waals surface area (Å²) in [5.74, 6) is 2.30. The Hall–Kier alpha value is -0.770. The molecule has 0 aliphatic carbocycles. The Morgan fingerprint density at radius 1 is 0.919 bits per heavy atom. The van der Waals surface area contributed by atoms with E-state index in [1.165, 1.54) is 96.2 Å². The third-order valence-electron chi connectivity index (χ3n) is 6.42. The lowest BCUT2D eigenvalue weighted by Crippen LogP contribution is -2.40. The minimum Gasteiger partial charge on any atom is -0.470 e. The molecule has 0 aliphatic rings. The van der Waals surface area contributed by atoms with Crippen molar-refractivity contribution in [2.24, 2.45) is 0 Å². The molecule has 9 heteroatoms. The van der Waals surface area contributed by atoms with Gasteiger partial charge in [0, 0.05) is 24.8 Å². The van der Waals surface area contributed by atoms with E-state index in [1.54, 1.807) is 6.07 Å². The molecule has 0 radical (unpaired) electrons. The van der Waals surface area contributed by atoms with E-state index >= 15 is 0 Å². The number of ether oxygens (including phenoxy) is 1. The van der Waals surface area contributed by atoms with Crippen molar-refractivity contribution >= 4 is 21.8 Å². The quantitative estimate of drug-likeness (QED) is 0.101. The van der Waals surface area contributed by atoms with Crippen LogP contribution in [0.15, 0.2) is 16.9 Å². The van der Waals surface area contributed by atoms with E-state index in [1.807, 2.05) is 11.8 Å². The van der Waals surface area contributed by atoms with Gasteiger partial charge < -0.3 is 13.7 Å². The summed E-state index contributed by atoms with van der Waals surface area (Å²) in [4.78, 5) is 0. The fourth-order valence-electron chi connectivity index (χ4n) is 4.20. The molecule has 0 spiro atoms. The van der Waals surface area contributed by atoms with Crippen LogP contribution >= 0.6 is 11.8 Å². The first-order valence-corrected chi connectivity index (χ1v) is 17.4. The highest BCUT2D eigenvalue weighted by Gasteiger charge is 2.18. The molecule has 1 aromatic heterocycles. The van der Waals surface area contributed by atoms with Crippen molar-refractivity contribution in [3.05, 3.63) is 12.3 Å². The summed E-state index contributed by atoms with van der Waals surface area (Å²) in [6.07, 6.45) is 20.9. The molecule has 1 rings (SSSR count). The Morgan fingerprint density at radius 2 is 1.49 bits per heavy atom. The van der Waals surface area contributed by atoms with Crippen LogP contribution < -0.4 is 9.46 Å². The van der Waals surface area contributed by atoms with E-state index in [2.05, 4.69) is 37.9 Å². The number of sulfonamides is 1. The normalized spacial score (nSPS) is 13.2. The fraction of sp³-hybridized carbons (Fsp3) is 0.893. The summed E-state index contributed by atoms with van der Waals surface area (Å²) in [6, 6.07) is 1.65. The summed E-state index contributed by atoms with van der Waals surface area (Å²) in [5.41, 5.74) is 0. The van der Waals surface area contributed by atoms with Crippen LogP contribution in [0.1, 0.15) is 103 Å². The van der Waals surface area contributed by atoms with E-state index < -0.39 is 10.0 Å². The van der Waals surface area contributed by atoms with Gasteiger partial charge in [-0.3, -0.25) is 0 Å². The Balaban J connectivity index is 2.12. The summed E-state index contributed by atoms with van der Waals surface area (Å²) >= 11 is 1.82. The SMILES string of the molecule is CCCCCCCCCCCCCCCCSCC(CNS(=O)(=O)CCC[N+](C)(C)C)Oc1ccon1. The molecule has 0 fully saturated rings. The maximum Gasteiger partial charge on any atom is 0.254 e. The first-order valence-electron chi connectivity index (χ1n) is 14.6. The van der Waals surface area contributed by atoms with Gasteiger partial charge in [0.1, 0.15) is 12.4 Å². The van der Waals surface area contributed by atoms with Crippen molar-refractivity contribution in [2.45, 2.75) is 109 Å². The topological polar surface area (TPSA) is 81.4 Å². The van der Waals surface area contributed by atoms with Gasteiger partial charge in [-0.15, -0.1) is 0 Å². The third-order valence-corrected chi connectivity index (χ3v) is 9.04. The maximum absolute atomic E-state index is 12.4. The van der Waals surface area contributed by atoms with Gasteiger partial charge in [-0.2, -0.15) is 11.8 Å². The van der Waals surface area contributed by atoms with Crippen LogP contribution in [0.25, 0.3) is 0 Å². The van der Waals surface area contributed by atoms with Crippen LogP contribution in [0.3, 0.4) is 0 Å². The monoisotopic (exact) mass is 562 g/mol. The van der Waals surface area contributed by atoms with Crippen molar-refractivity contribution in [2.75, 3.05) is 51.5 Å². The van der Waals surface area contributed by atoms with Crippen LogP contribution in [-0.2, 0) is 10.0 Å². The van der Waals surface area contributed by atoms with Crippen LogP contribution in [-0.4, -0.2) is 75.7 Å². The first kappa shape index (κ1) is 34.3. The molecular formula is C28H56N3O4S2+. The molecule has 0 saturated carbocycles. The number of aromatic nitrogens is 1. The largest absolute Gasteiger partial charge is 0.470 e. The van der Waals surface area contributed by atoms with Crippen molar-refractivity contribution in [1.82, 2.24) is 9.88 Å². The summed E-state index contributed by atoms with van der Waals surface area (Å²) < 4.78 is 39.1. The molecule has 1 atom stereocenters. The number of rotatable bonds is 26. The maximum atomic E-state index is 12.4. The van der Waals surface area contributed by atoms with Gasteiger partial charge >= 0.3 is 0 Å². The van der Waals surface area contributed by atoms with Crippen LogP contribution in [0.2, 0.25) is 0 Å². The number of nitrogens with zero attached hydrogens (tertiary/aromatic N) is 2. The van der Waals surface area contributed by atoms with Crippen LogP contribution in [0, 0.1) is 0 Å². The zero-order valence-electron chi connectivity index (χ0n) is 24.2. The predicted octanol–water partition coefficient (Wildman–Crippen LogP) is 6.65. The molecule has 0 aliphatic heterocycles. The summed E-state index contributed by atoms with van der Waals surface area (Å²) in [6.45, 7) is 3.33. The second-order valence-electron chi connectivity index (χ2n) is 11.3. The molecule has 218 valence electrons. The van der Waals surface area contributed by atoms with E-state index in [4.69, 9.17) is 9.26 Å². The average Bonchev–Trinajstić information content (AvgIpc) is 3.34. The number of quaternary nitrogens is 1. The second-order valence-corrected chi connectivity index (χ2v) is 14.4. The van der Waals surface area contributed by atoms with E-state index in [9.17, 15) is 8.42 Å². The van der Waals surface area contributed by atoms with Crippen LogP contribution in [0.4, 0.5) is 0 Å². The van der Waals surface area contributed by atoms with Crippen molar-refractivity contribution in [3.63, 3.8) is 0 Å². The van der Waals surface area contributed by atoms with Gasteiger partial charge in [0.2, 0.25) is 10.0 Å². The van der Waals surface area contributed by atoms with Gasteiger partial charge in [0.05, 0.1) is 33.4 Å². The van der Waals surface area contributed by atoms with Crippen LogP contribution in [0.5, 0.6) is 5.88 Å². The molecule has 0 aromatic carbocycles. The molecular weight excluding hydrogens is 506 g/mol. The van der Waals surface area contributed by atoms with E-state index in [-0.39, 0.29) is 18.4 Å². The number of nitrogens with one attached hydrogen (secondary N) is 1. The van der Waals surface area contributed by atoms with Crippen molar-refractivity contribution in [3.8, 4) is 5.88 Å². The summed E-state index contributed by atoms with van der Waals surface area (Å²) in [5, 5.41) is 3.82. The molecule has 37 heavy (non-hydrogen) atoms. The fourth-order valence-corrected chi connectivity index (χ4v) is 6.32. The number of unbranched alkanes of at least 4 members (excludes halogenated alkanes) is 13. The van der Waals surface area contributed by atoms with Gasteiger partial charge in [0.15, 0.2) is 0 Å². The Kier molecular flexibility index (Phi) is 19.5. The molecule has 1 heterocycles. The Bertz CT molecular complexity index is 737. The van der Waals surface area contributed by atoms with Crippen molar-refractivity contribution < 1.29 is 22.2 Å². The standard InChI is InChI=1S/C28H56N3O4S2/c1-5-6-7-8-9-10-11-12-13-14-15-16-17-18-23-36-26-27(35-28-20-22-34-30-28)25-29-37(32,33)24-19-21-31(2,3)4/h20,22,27,29H,5-19,21,23-26H2,1-4H3/q+1. The lowest BCUT2D eigenvalue weighted by atomic mass is 10.0. The first-order chi connectivity index (χ1) is 17.7. The minimum absolute atomic E-state index is 0.130. The number of hydrogen-bond acceptors (Lipinski definition) is 6. The second kappa shape index (κ2) is 21.1. The molecule has 0 bridgehead atoms. The third kappa shape index (κ3) is 21.8. The smallest absolute Gasteiger partial charge is 0.254 e. The molecule has 1 unspecified atom stereocenters. The molecule has 0 saturated heterocycles. The Labute approximate surface area is 232 Å². The predicted molar refractivity (Wildman–Crippen MR) is 158 cm³/mol. The minimum atomic E-state index is -3.33. The zero-order valence-corrected chi connectivity index (χ0v) is 25.9. The lowest BCUT2D eigenvalue weighted by Gasteiger charge is -2.23. The number of thioether (sulfide) groups is 1. The molecule has 1 aromatic rings. The highest BCUT2D eigenvalue weighted by atomic mass is 32.2. The van der Waals surface area contributed by atoms with Crippen molar-refractivity contribution in [1.29, 1.82) is 0 Å². The molecule has 1 N–H and O–H groups in total. The van der Waals surface area contributed by atoms with Gasteiger partial charge in [-0.25, -0.2) is 13.1 Å². The van der Waals surface area contributed by atoms with Gasteiger partial charge in [-0.05, 0) is 17.3 Å². The van der Waals surface area contributed by atoms with Gasteiger partial charge in [-0.1, -0.05) is 90.4 Å². The highest BCUT2D eigenvalue weighted by Crippen LogP contribution is 2.16. The summed E-state index contributed by atoms with van der Waals surface area (Å²) in [7, 11) is 2.87. The lowest BCUT2D eigenvalue weighted by molar-refractivity contribution is -0.870. The average molecular weight is 563 g/mol. The highest BCUT2D eigenvalue weighted by molar-refractivity contribution is 7.99. The van der Waals surface area contributed by atoms with Gasteiger partial charge in [0.25, 0.3) is 5.88 Å². The Morgan fingerprint density at radius 3 is 2.00 bits per heavy atom. The van der Waals surface area contributed by atoms with E-state index in [0.29, 0.717) is 18.1 Å². The van der Waals surface area contributed by atoms with E-state index in [0.717, 1.165) is 16.8 Å². The molecule has 0 amide bonds.